The summed E-state index contributed by atoms with van der Waals surface area (Å²) in [6.07, 6.45) is 4.30. The van der Waals surface area contributed by atoms with Crippen LogP contribution in [0.25, 0.3) is 0 Å². The lowest BCUT2D eigenvalue weighted by Gasteiger charge is -2.15. The largest absolute Gasteiger partial charge is 0.360 e. The van der Waals surface area contributed by atoms with Crippen LogP contribution in [0.2, 0.25) is 0 Å². The van der Waals surface area contributed by atoms with Crippen molar-refractivity contribution >= 4 is 11.9 Å². The highest BCUT2D eigenvalue weighted by Gasteiger charge is 2.10. The van der Waals surface area contributed by atoms with E-state index in [9.17, 15) is 4.79 Å². The molecule has 0 radical (unpaired) electrons. The number of anilines is 1. The molecule has 0 bridgehead atoms. The highest BCUT2D eigenvalue weighted by molar-refractivity contribution is 6.03. The van der Waals surface area contributed by atoms with Crippen molar-refractivity contribution in [1.82, 2.24) is 19.6 Å². The first kappa shape index (κ1) is 17.9. The normalized spacial score (nSPS) is 11.1. The summed E-state index contributed by atoms with van der Waals surface area (Å²) >= 11 is 0. The molecule has 0 aliphatic heterocycles. The Kier molecular flexibility index (Phi) is 5.48. The predicted octanol–water partition coefficient (Wildman–Crippen LogP) is 2.85. The molecule has 0 aliphatic rings. The van der Waals surface area contributed by atoms with Gasteiger partial charge < -0.3 is 9.09 Å². The fraction of sp³-hybridized carbons (Fsp3) is 0.316. The van der Waals surface area contributed by atoms with Crippen molar-refractivity contribution in [2.45, 2.75) is 26.4 Å². The number of carbonyl (C=O) groups excluding carboxylic acids is 1. The van der Waals surface area contributed by atoms with Crippen LogP contribution in [0.5, 0.6) is 0 Å². The first-order valence-electron chi connectivity index (χ1n) is 8.55. The molecule has 3 aromatic rings. The number of hydrogen-bond donors (Lipinski definition) is 1. The Labute approximate surface area is 152 Å². The van der Waals surface area contributed by atoms with Gasteiger partial charge in [-0.3, -0.25) is 15.0 Å². The topological polar surface area (TPSA) is 76.2 Å². The second-order valence-electron chi connectivity index (χ2n) is 6.32. The average molecular weight is 353 g/mol. The summed E-state index contributed by atoms with van der Waals surface area (Å²) in [5.41, 5.74) is 2.69. The summed E-state index contributed by atoms with van der Waals surface area (Å²) in [5.74, 6) is 1.21. The Morgan fingerprint density at radius 3 is 2.65 bits per heavy atom. The second-order valence-corrected chi connectivity index (χ2v) is 6.32. The molecule has 0 unspecified atom stereocenters. The smallest absolute Gasteiger partial charge is 0.257 e. The molecule has 2 aromatic heterocycles. The zero-order valence-corrected chi connectivity index (χ0v) is 15.3. The van der Waals surface area contributed by atoms with Gasteiger partial charge in [0.2, 0.25) is 5.95 Å². The third-order valence-corrected chi connectivity index (χ3v) is 4.11. The molecule has 136 valence electrons. The first-order valence-corrected chi connectivity index (χ1v) is 8.55. The fourth-order valence-corrected chi connectivity index (χ4v) is 2.65. The molecule has 0 spiro atoms. The van der Waals surface area contributed by atoms with Crippen molar-refractivity contribution in [2.24, 2.45) is 7.05 Å². The maximum Gasteiger partial charge on any atom is 0.257 e. The molecule has 2 heterocycles. The molecular formula is C19H23N5O2. The number of nitrogens with one attached hydrogen (secondary N) is 1. The summed E-state index contributed by atoms with van der Waals surface area (Å²) in [5, 5.41) is 6.80. The van der Waals surface area contributed by atoms with E-state index in [0.717, 1.165) is 30.0 Å². The predicted molar refractivity (Wildman–Crippen MR) is 98.7 cm³/mol. The van der Waals surface area contributed by atoms with Gasteiger partial charge in [0.15, 0.2) is 5.76 Å². The lowest BCUT2D eigenvalue weighted by Crippen LogP contribution is -2.17. The second kappa shape index (κ2) is 7.97. The van der Waals surface area contributed by atoms with Crippen molar-refractivity contribution in [3.8, 4) is 0 Å². The molecule has 0 saturated heterocycles. The molecule has 1 aromatic carbocycles. The van der Waals surface area contributed by atoms with Crippen LogP contribution in [-0.4, -0.2) is 32.6 Å². The molecule has 7 nitrogen and oxygen atoms in total. The van der Waals surface area contributed by atoms with Crippen LogP contribution in [0.15, 0.2) is 47.2 Å². The zero-order valence-electron chi connectivity index (χ0n) is 15.3. The third-order valence-electron chi connectivity index (χ3n) is 4.11. The van der Waals surface area contributed by atoms with Crippen molar-refractivity contribution in [1.29, 1.82) is 0 Å². The minimum atomic E-state index is -0.173. The van der Waals surface area contributed by atoms with Crippen LogP contribution >= 0.6 is 0 Å². The minimum Gasteiger partial charge on any atom is -0.360 e. The lowest BCUT2D eigenvalue weighted by molar-refractivity contribution is 0.102. The molecule has 0 saturated carbocycles. The van der Waals surface area contributed by atoms with E-state index in [-0.39, 0.29) is 5.91 Å². The van der Waals surface area contributed by atoms with Crippen LogP contribution in [-0.2, 0) is 26.6 Å². The van der Waals surface area contributed by atoms with Gasteiger partial charge in [0.1, 0.15) is 0 Å². The Morgan fingerprint density at radius 2 is 2.04 bits per heavy atom. The summed E-state index contributed by atoms with van der Waals surface area (Å²) in [6, 6.07) is 9.56. The Balaban J connectivity index is 1.56. The number of amides is 1. The summed E-state index contributed by atoms with van der Waals surface area (Å²) in [4.78, 5) is 18.5. The van der Waals surface area contributed by atoms with E-state index in [1.165, 1.54) is 0 Å². The van der Waals surface area contributed by atoms with Gasteiger partial charge >= 0.3 is 0 Å². The van der Waals surface area contributed by atoms with E-state index in [1.807, 2.05) is 44.4 Å². The quantitative estimate of drug-likeness (QED) is 0.707. The SMILES string of the molecule is CCc1cc(CN(C)Cc2ccc(C(=O)Nc3nccn3C)cc2)on1. The molecule has 7 heteroatoms. The fourth-order valence-electron chi connectivity index (χ4n) is 2.65. The van der Waals surface area contributed by atoms with E-state index >= 15 is 0 Å². The van der Waals surface area contributed by atoms with Gasteiger partial charge in [-0.25, -0.2) is 4.98 Å². The van der Waals surface area contributed by atoms with Gasteiger partial charge in [-0.05, 0) is 31.2 Å². The van der Waals surface area contributed by atoms with Crippen LogP contribution in [0.3, 0.4) is 0 Å². The Hall–Kier alpha value is -2.93. The van der Waals surface area contributed by atoms with E-state index in [0.29, 0.717) is 18.1 Å². The van der Waals surface area contributed by atoms with E-state index in [4.69, 9.17) is 4.52 Å². The zero-order chi connectivity index (χ0) is 18.5. The number of hydrogen-bond acceptors (Lipinski definition) is 5. The minimum absolute atomic E-state index is 0.173. The number of aryl methyl sites for hydroxylation is 2. The van der Waals surface area contributed by atoms with Crippen LogP contribution in [0.1, 0.15) is 34.3 Å². The number of nitrogens with zero attached hydrogens (tertiary/aromatic N) is 4. The molecule has 0 atom stereocenters. The number of carbonyl (C=O) groups is 1. The van der Waals surface area contributed by atoms with Crippen molar-refractivity contribution in [3.05, 3.63) is 65.3 Å². The molecule has 26 heavy (non-hydrogen) atoms. The third kappa shape index (κ3) is 4.37. The number of benzene rings is 1. The van der Waals surface area contributed by atoms with Gasteiger partial charge in [0.05, 0.1) is 12.2 Å². The number of imidazole rings is 1. The monoisotopic (exact) mass is 353 g/mol. The molecule has 0 aliphatic carbocycles. The summed E-state index contributed by atoms with van der Waals surface area (Å²) < 4.78 is 7.08. The first-order chi connectivity index (χ1) is 12.5. The maximum absolute atomic E-state index is 12.3. The molecule has 1 amide bonds. The van der Waals surface area contributed by atoms with Gasteiger partial charge in [-0.1, -0.05) is 24.2 Å². The van der Waals surface area contributed by atoms with Crippen LogP contribution in [0, 0.1) is 0 Å². The van der Waals surface area contributed by atoms with Gasteiger partial charge in [-0.15, -0.1) is 0 Å². The number of rotatable bonds is 7. The van der Waals surface area contributed by atoms with Gasteiger partial charge in [0, 0.05) is 37.6 Å². The lowest BCUT2D eigenvalue weighted by atomic mass is 10.1. The standard InChI is InChI=1S/C19H23N5O2/c1-4-16-11-17(26-22-16)13-23(2)12-14-5-7-15(8-6-14)18(25)21-19-20-9-10-24(19)3/h5-11H,4,12-13H2,1-3H3,(H,20,21,25). The van der Waals surface area contributed by atoms with Crippen molar-refractivity contribution in [3.63, 3.8) is 0 Å². The Morgan fingerprint density at radius 1 is 1.27 bits per heavy atom. The van der Waals surface area contributed by atoms with Crippen LogP contribution in [0.4, 0.5) is 5.95 Å². The van der Waals surface area contributed by atoms with E-state index < -0.39 is 0 Å². The van der Waals surface area contributed by atoms with E-state index in [2.05, 4.69) is 27.3 Å². The van der Waals surface area contributed by atoms with Gasteiger partial charge in [-0.2, -0.15) is 0 Å². The summed E-state index contributed by atoms with van der Waals surface area (Å²) in [6.45, 7) is 3.49. The molecule has 1 N–H and O–H groups in total. The maximum atomic E-state index is 12.3. The molecular weight excluding hydrogens is 330 g/mol. The number of aromatic nitrogens is 3. The average Bonchev–Trinajstić information content (AvgIpc) is 3.24. The van der Waals surface area contributed by atoms with Gasteiger partial charge in [0.25, 0.3) is 5.91 Å². The van der Waals surface area contributed by atoms with Crippen molar-refractivity contribution in [2.75, 3.05) is 12.4 Å². The highest BCUT2D eigenvalue weighted by Crippen LogP contribution is 2.12. The van der Waals surface area contributed by atoms with E-state index in [1.54, 1.807) is 17.0 Å². The molecule has 0 fully saturated rings. The molecule has 3 rings (SSSR count). The van der Waals surface area contributed by atoms with Crippen LogP contribution < -0.4 is 5.32 Å². The Bertz CT molecular complexity index is 866. The highest BCUT2D eigenvalue weighted by atomic mass is 16.5. The summed E-state index contributed by atoms with van der Waals surface area (Å²) in [7, 11) is 3.86. The van der Waals surface area contributed by atoms with Crippen molar-refractivity contribution < 1.29 is 9.32 Å².